The first-order valence-electron chi connectivity index (χ1n) is 9.95. The quantitative estimate of drug-likeness (QED) is 0.666. The molecular weight excluding hydrogens is 372 g/mol. The topological polar surface area (TPSA) is 66.6 Å². The molecule has 3 aromatic rings. The Kier molecular flexibility index (Phi) is 4.30. The molecule has 0 saturated carbocycles. The van der Waals surface area contributed by atoms with Gasteiger partial charge in [0, 0.05) is 44.1 Å². The first-order valence-corrected chi connectivity index (χ1v) is 10.8. The van der Waals surface area contributed by atoms with Gasteiger partial charge in [0.25, 0.3) is 5.91 Å². The van der Waals surface area contributed by atoms with Gasteiger partial charge in [-0.15, -0.1) is 11.3 Å². The van der Waals surface area contributed by atoms with Crippen LogP contribution >= 0.6 is 11.3 Å². The maximum Gasteiger partial charge on any atom is 0.265 e. The minimum absolute atomic E-state index is 0.107. The molecule has 1 aliphatic carbocycles. The van der Waals surface area contributed by atoms with Crippen LogP contribution in [-0.2, 0) is 12.8 Å². The zero-order valence-corrected chi connectivity index (χ0v) is 17.1. The monoisotopic (exact) mass is 396 g/mol. The van der Waals surface area contributed by atoms with Crippen LogP contribution in [0.1, 0.15) is 44.5 Å². The number of aryl methyl sites for hydroxylation is 4. The van der Waals surface area contributed by atoms with Crippen molar-refractivity contribution in [3.05, 3.63) is 39.2 Å². The normalized spacial score (nSPS) is 17.2. The maximum absolute atomic E-state index is 12.9. The molecule has 0 bridgehead atoms. The van der Waals surface area contributed by atoms with Crippen LogP contribution in [0.15, 0.2) is 12.4 Å². The van der Waals surface area contributed by atoms with Crippen molar-refractivity contribution in [1.82, 2.24) is 24.5 Å². The standard InChI is InChI=1S/C20H24N6OS/c1-13-18(28-14(2)22-13)20(27)25-11-9-24(10-12-25)19-17-15-5-3-4-6-16(15)23-26(17)8-7-21-19/h7-8H,3-6,9-12H2,1-2H3. The number of thiazole rings is 1. The molecule has 0 atom stereocenters. The number of fused-ring (bicyclic) bond motifs is 3. The van der Waals surface area contributed by atoms with Crippen LogP contribution in [0.25, 0.3) is 5.52 Å². The van der Waals surface area contributed by atoms with Crippen molar-refractivity contribution in [3.63, 3.8) is 0 Å². The van der Waals surface area contributed by atoms with Crippen LogP contribution in [0.2, 0.25) is 0 Å². The van der Waals surface area contributed by atoms with Gasteiger partial charge in [-0.1, -0.05) is 0 Å². The average molecular weight is 397 g/mol. The van der Waals surface area contributed by atoms with Gasteiger partial charge < -0.3 is 9.80 Å². The van der Waals surface area contributed by atoms with Crippen molar-refractivity contribution in [1.29, 1.82) is 0 Å². The zero-order valence-electron chi connectivity index (χ0n) is 16.3. The van der Waals surface area contributed by atoms with Gasteiger partial charge in [-0.05, 0) is 39.5 Å². The Hall–Kier alpha value is -2.48. The summed E-state index contributed by atoms with van der Waals surface area (Å²) in [5.74, 6) is 1.12. The molecule has 2 aliphatic rings. The molecule has 1 amide bonds. The molecule has 1 aliphatic heterocycles. The largest absolute Gasteiger partial charge is 0.351 e. The number of hydrogen-bond donors (Lipinski definition) is 0. The Labute approximate surface area is 168 Å². The van der Waals surface area contributed by atoms with E-state index in [2.05, 4.69) is 9.88 Å². The van der Waals surface area contributed by atoms with E-state index in [0.29, 0.717) is 13.1 Å². The predicted octanol–water partition coefficient (Wildman–Crippen LogP) is 2.64. The van der Waals surface area contributed by atoms with E-state index in [1.165, 1.54) is 35.4 Å². The summed E-state index contributed by atoms with van der Waals surface area (Å²) in [6.07, 6.45) is 8.37. The minimum atomic E-state index is 0.107. The lowest BCUT2D eigenvalue weighted by atomic mass is 9.97. The number of nitrogens with zero attached hydrogens (tertiary/aromatic N) is 6. The molecule has 5 rings (SSSR count). The smallest absolute Gasteiger partial charge is 0.265 e. The van der Waals surface area contributed by atoms with Gasteiger partial charge in [0.05, 0.1) is 16.4 Å². The summed E-state index contributed by atoms with van der Waals surface area (Å²) in [6.45, 7) is 6.85. The van der Waals surface area contributed by atoms with E-state index in [4.69, 9.17) is 10.1 Å². The number of rotatable bonds is 2. The van der Waals surface area contributed by atoms with E-state index in [-0.39, 0.29) is 5.91 Å². The Bertz CT molecular complexity index is 1050. The highest BCUT2D eigenvalue weighted by Crippen LogP contribution is 2.30. The summed E-state index contributed by atoms with van der Waals surface area (Å²) in [7, 11) is 0. The van der Waals surface area contributed by atoms with Gasteiger partial charge in [-0.3, -0.25) is 4.79 Å². The molecule has 28 heavy (non-hydrogen) atoms. The molecule has 3 aromatic heterocycles. The van der Waals surface area contributed by atoms with E-state index in [9.17, 15) is 4.79 Å². The van der Waals surface area contributed by atoms with Gasteiger partial charge in [0.15, 0.2) is 5.82 Å². The Morgan fingerprint density at radius 2 is 1.89 bits per heavy atom. The number of anilines is 1. The molecule has 4 heterocycles. The van der Waals surface area contributed by atoms with Gasteiger partial charge in [0.2, 0.25) is 0 Å². The third-order valence-electron chi connectivity index (χ3n) is 5.76. The fraction of sp³-hybridized carbons (Fsp3) is 0.500. The van der Waals surface area contributed by atoms with Crippen molar-refractivity contribution >= 4 is 28.6 Å². The van der Waals surface area contributed by atoms with Crippen LogP contribution in [0.3, 0.4) is 0 Å². The molecule has 7 nitrogen and oxygen atoms in total. The van der Waals surface area contributed by atoms with Gasteiger partial charge in [0.1, 0.15) is 10.4 Å². The van der Waals surface area contributed by atoms with E-state index >= 15 is 0 Å². The van der Waals surface area contributed by atoms with Crippen molar-refractivity contribution in [2.24, 2.45) is 0 Å². The molecule has 1 saturated heterocycles. The van der Waals surface area contributed by atoms with E-state index in [0.717, 1.165) is 52.8 Å². The molecule has 0 spiro atoms. The highest BCUT2D eigenvalue weighted by molar-refractivity contribution is 7.13. The third kappa shape index (κ3) is 2.87. The predicted molar refractivity (Wildman–Crippen MR) is 109 cm³/mol. The van der Waals surface area contributed by atoms with Gasteiger partial charge in [-0.25, -0.2) is 14.5 Å². The SMILES string of the molecule is Cc1nc(C)c(C(=O)N2CCN(c3nccn4nc5c(c34)CCCC5)CC2)s1. The highest BCUT2D eigenvalue weighted by atomic mass is 32.1. The van der Waals surface area contributed by atoms with Crippen LogP contribution in [0, 0.1) is 13.8 Å². The molecule has 1 fully saturated rings. The number of hydrogen-bond acceptors (Lipinski definition) is 6. The summed E-state index contributed by atoms with van der Waals surface area (Å²) in [4.78, 5) is 27.0. The average Bonchev–Trinajstić information content (AvgIpc) is 3.26. The van der Waals surface area contributed by atoms with Gasteiger partial charge in [-0.2, -0.15) is 5.10 Å². The summed E-state index contributed by atoms with van der Waals surface area (Å²) in [5.41, 5.74) is 4.59. The second kappa shape index (κ2) is 6.84. The lowest BCUT2D eigenvalue weighted by Gasteiger charge is -2.35. The molecule has 0 aromatic carbocycles. The number of amides is 1. The fourth-order valence-corrected chi connectivity index (χ4v) is 5.26. The number of carbonyl (C=O) groups excluding carboxylic acids is 1. The van der Waals surface area contributed by atoms with Crippen LogP contribution in [0.4, 0.5) is 5.82 Å². The Morgan fingerprint density at radius 1 is 1.11 bits per heavy atom. The van der Waals surface area contributed by atoms with Crippen LogP contribution in [0.5, 0.6) is 0 Å². The molecule has 0 unspecified atom stereocenters. The summed E-state index contributed by atoms with van der Waals surface area (Å²) < 4.78 is 2.00. The summed E-state index contributed by atoms with van der Waals surface area (Å²) >= 11 is 1.49. The van der Waals surface area contributed by atoms with Crippen molar-refractivity contribution < 1.29 is 4.79 Å². The molecule has 0 radical (unpaired) electrons. The van der Waals surface area contributed by atoms with E-state index in [1.54, 1.807) is 0 Å². The summed E-state index contributed by atoms with van der Waals surface area (Å²) in [6, 6.07) is 0. The van der Waals surface area contributed by atoms with Crippen LogP contribution in [-0.4, -0.2) is 56.6 Å². The third-order valence-corrected chi connectivity index (χ3v) is 6.82. The maximum atomic E-state index is 12.9. The van der Waals surface area contributed by atoms with Crippen molar-refractivity contribution in [2.45, 2.75) is 39.5 Å². The first kappa shape index (κ1) is 17.6. The van der Waals surface area contributed by atoms with Crippen LogP contribution < -0.4 is 4.90 Å². The lowest BCUT2D eigenvalue weighted by molar-refractivity contribution is 0.0750. The highest BCUT2D eigenvalue weighted by Gasteiger charge is 2.28. The van der Waals surface area contributed by atoms with E-state index in [1.807, 2.05) is 35.7 Å². The lowest BCUT2D eigenvalue weighted by Crippen LogP contribution is -2.49. The summed E-state index contributed by atoms with van der Waals surface area (Å²) in [5, 5.41) is 5.73. The van der Waals surface area contributed by atoms with Crippen molar-refractivity contribution in [2.75, 3.05) is 31.1 Å². The number of aromatic nitrogens is 4. The molecule has 0 N–H and O–H groups in total. The fourth-order valence-electron chi connectivity index (χ4n) is 4.37. The zero-order chi connectivity index (χ0) is 19.3. The second-order valence-electron chi connectivity index (χ2n) is 7.60. The molecule has 146 valence electrons. The van der Waals surface area contributed by atoms with Gasteiger partial charge >= 0.3 is 0 Å². The Balaban J connectivity index is 1.38. The first-order chi connectivity index (χ1) is 13.6. The minimum Gasteiger partial charge on any atom is -0.351 e. The number of piperazine rings is 1. The van der Waals surface area contributed by atoms with Crippen molar-refractivity contribution in [3.8, 4) is 0 Å². The Morgan fingerprint density at radius 3 is 2.64 bits per heavy atom. The number of carbonyl (C=O) groups is 1. The molecule has 8 heteroatoms. The second-order valence-corrected chi connectivity index (χ2v) is 8.81. The molecular formula is C20H24N6OS. The van der Waals surface area contributed by atoms with E-state index < -0.39 is 0 Å².